The Morgan fingerprint density at radius 1 is 1.00 bits per heavy atom. The lowest BCUT2D eigenvalue weighted by Crippen LogP contribution is -2.17. The molecule has 0 spiro atoms. The maximum Gasteiger partial charge on any atom is 0.326 e. The molecule has 3 aromatic rings. The number of halogens is 1. The molecule has 5 heteroatoms. The zero-order valence-corrected chi connectivity index (χ0v) is 14.3. The molecule has 0 aliphatic heterocycles. The highest BCUT2D eigenvalue weighted by atomic mass is 35.5. The Morgan fingerprint density at radius 3 is 2.32 bits per heavy atom. The van der Waals surface area contributed by atoms with Gasteiger partial charge in [-0.3, -0.25) is 9.59 Å². The molecule has 0 aromatic heterocycles. The number of anilines is 1. The number of esters is 1. The number of para-hydroxylation sites is 1. The average Bonchev–Trinajstić information content (AvgIpc) is 2.62. The van der Waals surface area contributed by atoms with Gasteiger partial charge < -0.3 is 10.1 Å². The number of benzene rings is 3. The Bertz CT molecular complexity index is 953. The SMILES string of the molecule is Cc1ccccc1NC(=O)c1cc2ccccc2cc1OC(=O)CCl. The van der Waals surface area contributed by atoms with Crippen molar-refractivity contribution in [3.05, 3.63) is 71.8 Å². The summed E-state index contributed by atoms with van der Waals surface area (Å²) in [5.41, 5.74) is 1.92. The Morgan fingerprint density at radius 2 is 1.64 bits per heavy atom. The zero-order chi connectivity index (χ0) is 17.8. The molecule has 3 aromatic carbocycles. The van der Waals surface area contributed by atoms with E-state index in [0.717, 1.165) is 16.3 Å². The molecule has 0 aliphatic carbocycles. The quantitative estimate of drug-likeness (QED) is 0.425. The van der Waals surface area contributed by atoms with Crippen LogP contribution in [0.15, 0.2) is 60.7 Å². The lowest BCUT2D eigenvalue weighted by atomic mass is 10.0. The molecule has 126 valence electrons. The molecule has 3 rings (SSSR count). The fourth-order valence-electron chi connectivity index (χ4n) is 2.53. The van der Waals surface area contributed by atoms with Crippen LogP contribution >= 0.6 is 11.6 Å². The zero-order valence-electron chi connectivity index (χ0n) is 13.6. The van der Waals surface area contributed by atoms with Gasteiger partial charge in [0.05, 0.1) is 5.56 Å². The first-order chi connectivity index (χ1) is 12.1. The van der Waals surface area contributed by atoms with Crippen molar-refractivity contribution < 1.29 is 14.3 Å². The third-order valence-electron chi connectivity index (χ3n) is 3.82. The largest absolute Gasteiger partial charge is 0.425 e. The van der Waals surface area contributed by atoms with Crippen LogP contribution in [0.2, 0.25) is 0 Å². The Labute approximate surface area is 150 Å². The predicted molar refractivity (Wildman–Crippen MR) is 99.4 cm³/mol. The van der Waals surface area contributed by atoms with E-state index >= 15 is 0 Å². The van der Waals surface area contributed by atoms with Crippen LogP contribution < -0.4 is 10.1 Å². The lowest BCUT2D eigenvalue weighted by Gasteiger charge is -2.13. The number of alkyl halides is 1. The monoisotopic (exact) mass is 353 g/mol. The van der Waals surface area contributed by atoms with Gasteiger partial charge in [-0.25, -0.2) is 0 Å². The number of carbonyl (C=O) groups excluding carboxylic acids is 2. The fourth-order valence-corrected chi connectivity index (χ4v) is 2.59. The van der Waals surface area contributed by atoms with Gasteiger partial charge in [0.2, 0.25) is 0 Å². The Hall–Kier alpha value is -2.85. The first-order valence-electron chi connectivity index (χ1n) is 7.75. The number of ether oxygens (including phenoxy) is 1. The van der Waals surface area contributed by atoms with Gasteiger partial charge in [-0.05, 0) is 41.5 Å². The van der Waals surface area contributed by atoms with Crippen molar-refractivity contribution in [2.75, 3.05) is 11.2 Å². The molecule has 0 saturated heterocycles. The summed E-state index contributed by atoms with van der Waals surface area (Å²) in [5, 5.41) is 4.61. The van der Waals surface area contributed by atoms with E-state index in [2.05, 4.69) is 5.32 Å². The van der Waals surface area contributed by atoms with Crippen molar-refractivity contribution >= 4 is 39.9 Å². The molecule has 0 aliphatic rings. The van der Waals surface area contributed by atoms with E-state index in [1.807, 2.05) is 55.5 Å². The summed E-state index contributed by atoms with van der Waals surface area (Å²) in [4.78, 5) is 24.4. The first-order valence-corrected chi connectivity index (χ1v) is 8.28. The van der Waals surface area contributed by atoms with E-state index in [1.165, 1.54) is 0 Å². The highest BCUT2D eigenvalue weighted by molar-refractivity contribution is 6.26. The average molecular weight is 354 g/mol. The molecule has 25 heavy (non-hydrogen) atoms. The number of amides is 1. The van der Waals surface area contributed by atoms with Crippen molar-refractivity contribution in [2.45, 2.75) is 6.92 Å². The summed E-state index contributed by atoms with van der Waals surface area (Å²) in [6.07, 6.45) is 0. The minimum Gasteiger partial charge on any atom is -0.425 e. The molecule has 4 nitrogen and oxygen atoms in total. The third-order valence-corrected chi connectivity index (χ3v) is 4.04. The summed E-state index contributed by atoms with van der Waals surface area (Å²) in [7, 11) is 0. The maximum atomic E-state index is 12.8. The molecular formula is C20H16ClNO3. The summed E-state index contributed by atoms with van der Waals surface area (Å²) in [6.45, 7) is 1.91. The van der Waals surface area contributed by atoms with Crippen LogP contribution in [0.3, 0.4) is 0 Å². The standard InChI is InChI=1S/C20H16ClNO3/c1-13-6-2-5-9-17(13)22-20(24)16-10-14-7-3-4-8-15(14)11-18(16)25-19(23)12-21/h2-11H,12H2,1H3,(H,22,24). The molecule has 0 heterocycles. The van der Waals surface area contributed by atoms with E-state index in [4.69, 9.17) is 16.3 Å². The third kappa shape index (κ3) is 3.80. The number of nitrogens with one attached hydrogen (secondary N) is 1. The Balaban J connectivity index is 2.02. The van der Waals surface area contributed by atoms with Gasteiger partial charge in [-0.1, -0.05) is 42.5 Å². The number of hydrogen-bond acceptors (Lipinski definition) is 3. The highest BCUT2D eigenvalue weighted by Crippen LogP contribution is 2.27. The molecule has 0 atom stereocenters. The molecule has 1 N–H and O–H groups in total. The van der Waals surface area contributed by atoms with Crippen molar-refractivity contribution in [3.63, 3.8) is 0 Å². The van der Waals surface area contributed by atoms with Gasteiger partial charge in [0.1, 0.15) is 11.6 Å². The summed E-state index contributed by atoms with van der Waals surface area (Å²) in [6, 6.07) is 18.4. The number of aryl methyl sites for hydroxylation is 1. The molecule has 0 bridgehead atoms. The van der Waals surface area contributed by atoms with Gasteiger partial charge in [0.15, 0.2) is 0 Å². The molecule has 0 unspecified atom stereocenters. The van der Waals surface area contributed by atoms with Gasteiger partial charge in [-0.15, -0.1) is 11.6 Å². The second-order valence-corrected chi connectivity index (χ2v) is 5.84. The van der Waals surface area contributed by atoms with Gasteiger partial charge in [-0.2, -0.15) is 0 Å². The minimum atomic E-state index is -0.609. The summed E-state index contributed by atoms with van der Waals surface area (Å²) in [5.74, 6) is -1.05. The van der Waals surface area contributed by atoms with Crippen LogP contribution in [0, 0.1) is 6.92 Å². The van der Waals surface area contributed by atoms with Gasteiger partial charge >= 0.3 is 5.97 Å². The van der Waals surface area contributed by atoms with Crippen molar-refractivity contribution in [1.29, 1.82) is 0 Å². The van der Waals surface area contributed by atoms with Crippen molar-refractivity contribution in [3.8, 4) is 5.75 Å². The highest BCUT2D eigenvalue weighted by Gasteiger charge is 2.17. The van der Waals surface area contributed by atoms with E-state index in [0.29, 0.717) is 5.69 Å². The Kier molecular flexibility index (Phi) is 5.00. The first kappa shape index (κ1) is 17.0. The van der Waals surface area contributed by atoms with Crippen LogP contribution in [0.4, 0.5) is 5.69 Å². The second-order valence-electron chi connectivity index (χ2n) is 5.57. The normalized spacial score (nSPS) is 10.5. The van der Waals surface area contributed by atoms with E-state index < -0.39 is 5.97 Å². The van der Waals surface area contributed by atoms with Gasteiger partial charge in [0.25, 0.3) is 5.91 Å². The molecular weight excluding hydrogens is 338 g/mol. The van der Waals surface area contributed by atoms with Crippen molar-refractivity contribution in [2.24, 2.45) is 0 Å². The summed E-state index contributed by atoms with van der Waals surface area (Å²) < 4.78 is 5.26. The lowest BCUT2D eigenvalue weighted by molar-refractivity contribution is -0.131. The smallest absolute Gasteiger partial charge is 0.326 e. The number of fused-ring (bicyclic) bond motifs is 1. The topological polar surface area (TPSA) is 55.4 Å². The maximum absolute atomic E-state index is 12.8. The molecule has 0 fully saturated rings. The minimum absolute atomic E-state index is 0.190. The van der Waals surface area contributed by atoms with Gasteiger partial charge in [0, 0.05) is 5.69 Å². The van der Waals surface area contributed by atoms with E-state index in [1.54, 1.807) is 12.1 Å². The molecule has 0 saturated carbocycles. The number of rotatable bonds is 4. The molecule has 0 radical (unpaired) electrons. The number of carbonyl (C=O) groups is 2. The second kappa shape index (κ2) is 7.36. The van der Waals surface area contributed by atoms with Crippen LogP contribution in [-0.2, 0) is 4.79 Å². The summed E-state index contributed by atoms with van der Waals surface area (Å²) >= 11 is 5.53. The van der Waals surface area contributed by atoms with Crippen LogP contribution in [0.25, 0.3) is 10.8 Å². The van der Waals surface area contributed by atoms with Crippen LogP contribution in [0.5, 0.6) is 5.75 Å². The fraction of sp³-hybridized carbons (Fsp3) is 0.100. The van der Waals surface area contributed by atoms with Crippen LogP contribution in [-0.4, -0.2) is 17.8 Å². The van der Waals surface area contributed by atoms with Crippen molar-refractivity contribution in [1.82, 2.24) is 0 Å². The van der Waals surface area contributed by atoms with Crippen LogP contribution in [0.1, 0.15) is 15.9 Å². The number of hydrogen-bond donors (Lipinski definition) is 1. The predicted octanol–water partition coefficient (Wildman–Crippen LogP) is 4.54. The van der Waals surface area contributed by atoms with E-state index in [9.17, 15) is 9.59 Å². The molecule has 1 amide bonds. The van der Waals surface area contributed by atoms with E-state index in [-0.39, 0.29) is 23.1 Å².